The molecule has 13 heavy (non-hydrogen) atoms. The van der Waals surface area contributed by atoms with Crippen molar-refractivity contribution in [3.63, 3.8) is 0 Å². The second kappa shape index (κ2) is 4.49. The van der Waals surface area contributed by atoms with Gasteiger partial charge in [0.25, 0.3) is 0 Å². The highest BCUT2D eigenvalue weighted by Crippen LogP contribution is 2.28. The third-order valence-electron chi connectivity index (χ3n) is 1.90. The van der Waals surface area contributed by atoms with Crippen LogP contribution in [0.4, 0.5) is 0 Å². The Morgan fingerprint density at radius 1 is 1.46 bits per heavy atom. The van der Waals surface area contributed by atoms with Crippen molar-refractivity contribution in [2.75, 3.05) is 6.26 Å². The maximum Gasteiger partial charge on any atom is 0.101 e. The molecule has 1 nitrogen and oxygen atoms in total. The third kappa shape index (κ3) is 2.36. The SMILES string of the molecule is C=C(C)C(O)c1ccccc1SC. The molecule has 1 aromatic rings. The number of rotatable bonds is 3. The molecule has 0 radical (unpaired) electrons. The number of aliphatic hydroxyl groups is 1. The smallest absolute Gasteiger partial charge is 0.101 e. The highest BCUT2D eigenvalue weighted by molar-refractivity contribution is 7.98. The van der Waals surface area contributed by atoms with Gasteiger partial charge in [0.05, 0.1) is 0 Å². The molecule has 1 rings (SSSR count). The predicted octanol–water partition coefficient (Wildman–Crippen LogP) is 3.02. The van der Waals surface area contributed by atoms with E-state index in [0.717, 1.165) is 16.0 Å². The molecule has 0 spiro atoms. The van der Waals surface area contributed by atoms with Gasteiger partial charge < -0.3 is 5.11 Å². The molecule has 1 aromatic carbocycles. The highest BCUT2D eigenvalue weighted by Gasteiger charge is 2.11. The molecule has 0 saturated carbocycles. The van der Waals surface area contributed by atoms with Crippen LogP contribution in [0.3, 0.4) is 0 Å². The normalized spacial score (nSPS) is 12.5. The molecule has 0 aliphatic carbocycles. The average Bonchev–Trinajstić information content (AvgIpc) is 2.16. The monoisotopic (exact) mass is 194 g/mol. The van der Waals surface area contributed by atoms with Crippen molar-refractivity contribution in [2.24, 2.45) is 0 Å². The lowest BCUT2D eigenvalue weighted by Gasteiger charge is -2.13. The summed E-state index contributed by atoms with van der Waals surface area (Å²) in [6.45, 7) is 5.58. The summed E-state index contributed by atoms with van der Waals surface area (Å²) >= 11 is 1.64. The molecule has 1 N–H and O–H groups in total. The molecule has 0 fully saturated rings. The molecular weight excluding hydrogens is 180 g/mol. The summed E-state index contributed by atoms with van der Waals surface area (Å²) in [5.41, 5.74) is 1.73. The Morgan fingerprint density at radius 2 is 2.08 bits per heavy atom. The van der Waals surface area contributed by atoms with Gasteiger partial charge in [-0.05, 0) is 30.4 Å². The standard InChI is InChI=1S/C11H14OS/c1-8(2)11(12)9-6-4-5-7-10(9)13-3/h4-7,11-12H,1H2,2-3H3. The van der Waals surface area contributed by atoms with Crippen molar-refractivity contribution < 1.29 is 5.11 Å². The van der Waals surface area contributed by atoms with E-state index in [9.17, 15) is 5.11 Å². The maximum atomic E-state index is 9.80. The zero-order valence-corrected chi connectivity index (χ0v) is 8.77. The number of hydrogen-bond acceptors (Lipinski definition) is 2. The summed E-state index contributed by atoms with van der Waals surface area (Å²) in [5.74, 6) is 0. The summed E-state index contributed by atoms with van der Waals surface area (Å²) in [7, 11) is 0. The van der Waals surface area contributed by atoms with Crippen LogP contribution >= 0.6 is 11.8 Å². The summed E-state index contributed by atoms with van der Waals surface area (Å²) in [6, 6.07) is 7.85. The molecule has 2 heteroatoms. The van der Waals surface area contributed by atoms with Gasteiger partial charge in [0.2, 0.25) is 0 Å². The van der Waals surface area contributed by atoms with E-state index in [0.29, 0.717) is 0 Å². The van der Waals surface area contributed by atoms with Gasteiger partial charge in [-0.25, -0.2) is 0 Å². The van der Waals surface area contributed by atoms with Crippen molar-refractivity contribution in [1.29, 1.82) is 0 Å². The lowest BCUT2D eigenvalue weighted by Crippen LogP contribution is -1.99. The molecule has 0 bridgehead atoms. The first-order valence-electron chi connectivity index (χ1n) is 4.13. The molecule has 0 aliphatic heterocycles. The fourth-order valence-electron chi connectivity index (χ4n) is 1.16. The van der Waals surface area contributed by atoms with Crippen LogP contribution in [-0.4, -0.2) is 11.4 Å². The first kappa shape index (κ1) is 10.4. The Bertz CT molecular complexity index is 307. The van der Waals surface area contributed by atoms with Crippen molar-refractivity contribution in [3.8, 4) is 0 Å². The van der Waals surface area contributed by atoms with Gasteiger partial charge in [-0.15, -0.1) is 11.8 Å². The Hall–Kier alpha value is -0.730. The molecule has 0 amide bonds. The van der Waals surface area contributed by atoms with Gasteiger partial charge in [0, 0.05) is 4.90 Å². The third-order valence-corrected chi connectivity index (χ3v) is 2.71. The lowest BCUT2D eigenvalue weighted by atomic mass is 10.0. The van der Waals surface area contributed by atoms with E-state index in [1.165, 1.54) is 0 Å². The van der Waals surface area contributed by atoms with E-state index in [2.05, 4.69) is 6.58 Å². The number of aliphatic hydroxyl groups excluding tert-OH is 1. The van der Waals surface area contributed by atoms with Gasteiger partial charge in [-0.2, -0.15) is 0 Å². The molecule has 0 saturated heterocycles. The summed E-state index contributed by atoms with van der Waals surface area (Å²) in [4.78, 5) is 1.11. The van der Waals surface area contributed by atoms with E-state index in [1.54, 1.807) is 11.8 Å². The topological polar surface area (TPSA) is 20.2 Å². The van der Waals surface area contributed by atoms with Crippen molar-refractivity contribution in [3.05, 3.63) is 42.0 Å². The van der Waals surface area contributed by atoms with Crippen LogP contribution in [-0.2, 0) is 0 Å². The van der Waals surface area contributed by atoms with E-state index >= 15 is 0 Å². The molecule has 1 unspecified atom stereocenters. The molecular formula is C11H14OS. The molecule has 0 aliphatic rings. The average molecular weight is 194 g/mol. The van der Waals surface area contributed by atoms with Gasteiger partial charge in [-0.1, -0.05) is 24.8 Å². The molecule has 0 heterocycles. The fourth-order valence-corrected chi connectivity index (χ4v) is 1.79. The molecule has 70 valence electrons. The van der Waals surface area contributed by atoms with Crippen LogP contribution in [0.1, 0.15) is 18.6 Å². The summed E-state index contributed by atoms with van der Waals surface area (Å²) in [6.07, 6.45) is 1.47. The van der Waals surface area contributed by atoms with Crippen LogP contribution in [0.25, 0.3) is 0 Å². The minimum atomic E-state index is -0.538. The van der Waals surface area contributed by atoms with Crippen molar-refractivity contribution in [2.45, 2.75) is 17.9 Å². The van der Waals surface area contributed by atoms with E-state index < -0.39 is 6.10 Å². The van der Waals surface area contributed by atoms with Crippen LogP contribution in [0.5, 0.6) is 0 Å². The molecule has 0 aromatic heterocycles. The first-order chi connectivity index (χ1) is 6.16. The minimum absolute atomic E-state index is 0.538. The van der Waals surface area contributed by atoms with Crippen molar-refractivity contribution >= 4 is 11.8 Å². The number of thioether (sulfide) groups is 1. The van der Waals surface area contributed by atoms with Gasteiger partial charge in [0.1, 0.15) is 6.10 Å². The first-order valence-corrected chi connectivity index (χ1v) is 5.35. The van der Waals surface area contributed by atoms with Gasteiger partial charge >= 0.3 is 0 Å². The van der Waals surface area contributed by atoms with Gasteiger partial charge in [0.15, 0.2) is 0 Å². The molecule has 1 atom stereocenters. The Kier molecular flexibility index (Phi) is 3.58. The Morgan fingerprint density at radius 3 is 2.62 bits per heavy atom. The Balaban J connectivity index is 3.05. The summed E-state index contributed by atoms with van der Waals surface area (Å²) < 4.78 is 0. The lowest BCUT2D eigenvalue weighted by molar-refractivity contribution is 0.213. The Labute approximate surface area is 83.5 Å². The second-order valence-electron chi connectivity index (χ2n) is 2.99. The van der Waals surface area contributed by atoms with E-state index in [1.807, 2.05) is 37.4 Å². The quantitative estimate of drug-likeness (QED) is 0.589. The van der Waals surface area contributed by atoms with E-state index in [-0.39, 0.29) is 0 Å². The van der Waals surface area contributed by atoms with Crippen LogP contribution in [0, 0.1) is 0 Å². The largest absolute Gasteiger partial charge is 0.384 e. The zero-order chi connectivity index (χ0) is 9.84. The number of hydrogen-bond donors (Lipinski definition) is 1. The maximum absolute atomic E-state index is 9.80. The van der Waals surface area contributed by atoms with E-state index in [4.69, 9.17) is 0 Å². The second-order valence-corrected chi connectivity index (χ2v) is 3.84. The minimum Gasteiger partial charge on any atom is -0.384 e. The zero-order valence-electron chi connectivity index (χ0n) is 7.95. The van der Waals surface area contributed by atoms with Crippen LogP contribution in [0.15, 0.2) is 41.3 Å². The van der Waals surface area contributed by atoms with Crippen LogP contribution in [0.2, 0.25) is 0 Å². The van der Waals surface area contributed by atoms with Gasteiger partial charge in [-0.3, -0.25) is 0 Å². The predicted molar refractivity (Wildman–Crippen MR) is 58.0 cm³/mol. The van der Waals surface area contributed by atoms with Crippen LogP contribution < -0.4 is 0 Å². The number of benzene rings is 1. The fraction of sp³-hybridized carbons (Fsp3) is 0.273. The summed E-state index contributed by atoms with van der Waals surface area (Å²) in [5, 5.41) is 9.80. The van der Waals surface area contributed by atoms with Crippen molar-refractivity contribution in [1.82, 2.24) is 0 Å². The highest BCUT2D eigenvalue weighted by atomic mass is 32.2.